The van der Waals surface area contributed by atoms with Crippen LogP contribution in [0.3, 0.4) is 0 Å². The summed E-state index contributed by atoms with van der Waals surface area (Å²) in [7, 11) is 3.10. The molecule has 2 heterocycles. The Hall–Kier alpha value is -3.67. The summed E-state index contributed by atoms with van der Waals surface area (Å²) in [5.41, 5.74) is 2.87. The molecule has 0 amide bonds. The number of hydrogen-bond acceptors (Lipinski definition) is 8. The molecule has 3 aromatic carbocycles. The largest absolute Gasteiger partial charge is 0.497 e. The number of carbonyl (C=O) groups is 1. The maximum Gasteiger partial charge on any atom is 0.338 e. The lowest BCUT2D eigenvalue weighted by Gasteiger charge is -2.26. The first-order chi connectivity index (χ1) is 20.7. The van der Waals surface area contributed by atoms with Crippen LogP contribution in [0, 0.1) is 0 Å². The quantitative estimate of drug-likeness (QED) is 0.199. The van der Waals surface area contributed by atoms with Gasteiger partial charge in [0.1, 0.15) is 29.9 Å². The summed E-state index contributed by atoms with van der Waals surface area (Å²) in [6, 6.07) is 18.0. The van der Waals surface area contributed by atoms with Crippen molar-refractivity contribution in [3.8, 4) is 17.2 Å². The first-order valence-corrected chi connectivity index (χ1v) is 15.7. The van der Waals surface area contributed by atoms with E-state index in [9.17, 15) is 9.59 Å². The molecule has 0 saturated heterocycles. The van der Waals surface area contributed by atoms with Crippen molar-refractivity contribution in [3.63, 3.8) is 0 Å². The summed E-state index contributed by atoms with van der Waals surface area (Å²) in [6.45, 7) is 4.08. The Labute approximate surface area is 269 Å². The zero-order valence-electron chi connectivity index (χ0n) is 23.9. The lowest BCUT2D eigenvalue weighted by molar-refractivity contribution is -0.139. The number of carbonyl (C=O) groups excluding carboxylic acids is 1. The highest BCUT2D eigenvalue weighted by Gasteiger charge is 2.35. The van der Waals surface area contributed by atoms with Gasteiger partial charge in [0, 0.05) is 10.0 Å². The van der Waals surface area contributed by atoms with Gasteiger partial charge in [-0.3, -0.25) is 9.36 Å². The fourth-order valence-electron chi connectivity index (χ4n) is 4.76. The minimum atomic E-state index is -0.830. The van der Waals surface area contributed by atoms with Gasteiger partial charge in [-0.1, -0.05) is 45.5 Å². The second kappa shape index (κ2) is 13.3. The molecule has 0 unspecified atom stereocenters. The van der Waals surface area contributed by atoms with Crippen LogP contribution < -0.4 is 29.1 Å². The maximum absolute atomic E-state index is 14.0. The van der Waals surface area contributed by atoms with Crippen LogP contribution >= 0.6 is 43.2 Å². The molecule has 1 aliphatic heterocycles. The van der Waals surface area contributed by atoms with Gasteiger partial charge in [-0.15, -0.1) is 0 Å². The molecule has 1 aliphatic rings. The molecule has 222 valence electrons. The van der Waals surface area contributed by atoms with E-state index in [2.05, 4.69) is 36.9 Å². The van der Waals surface area contributed by atoms with E-state index in [-0.39, 0.29) is 17.7 Å². The van der Waals surface area contributed by atoms with Crippen LogP contribution in [-0.2, 0) is 16.1 Å². The zero-order valence-corrected chi connectivity index (χ0v) is 27.8. The van der Waals surface area contributed by atoms with E-state index >= 15 is 0 Å². The van der Waals surface area contributed by atoms with Gasteiger partial charge in [-0.05, 0) is 89.4 Å². The Balaban J connectivity index is 1.57. The molecule has 11 heteroatoms. The summed E-state index contributed by atoms with van der Waals surface area (Å²) >= 11 is 8.29. The molecule has 4 aromatic rings. The van der Waals surface area contributed by atoms with Crippen LogP contribution in [0.4, 0.5) is 0 Å². The van der Waals surface area contributed by atoms with E-state index < -0.39 is 12.0 Å². The minimum absolute atomic E-state index is 0.180. The number of esters is 1. The maximum atomic E-state index is 14.0. The Morgan fingerprint density at radius 2 is 1.77 bits per heavy atom. The van der Waals surface area contributed by atoms with E-state index in [4.69, 9.17) is 18.9 Å². The van der Waals surface area contributed by atoms with Gasteiger partial charge in [0.05, 0.1) is 41.1 Å². The van der Waals surface area contributed by atoms with Gasteiger partial charge in [-0.25, -0.2) is 9.79 Å². The number of ether oxygens (including phenoxy) is 4. The molecule has 0 bridgehead atoms. The van der Waals surface area contributed by atoms with Crippen molar-refractivity contribution in [2.24, 2.45) is 4.99 Å². The van der Waals surface area contributed by atoms with Gasteiger partial charge in [0.15, 0.2) is 4.80 Å². The van der Waals surface area contributed by atoms with Crippen LogP contribution in [-0.4, -0.2) is 31.4 Å². The lowest BCUT2D eigenvalue weighted by atomic mass is 9.94. The molecule has 0 saturated carbocycles. The Kier molecular flexibility index (Phi) is 9.53. The van der Waals surface area contributed by atoms with E-state index in [1.165, 1.54) is 15.9 Å². The number of rotatable bonds is 9. The third-order valence-electron chi connectivity index (χ3n) is 6.81. The lowest BCUT2D eigenvalue weighted by Crippen LogP contribution is -2.40. The van der Waals surface area contributed by atoms with Crippen molar-refractivity contribution in [3.05, 3.63) is 117 Å². The number of thiazole rings is 1. The highest BCUT2D eigenvalue weighted by atomic mass is 79.9. The fourth-order valence-corrected chi connectivity index (χ4v) is 6.58. The highest BCUT2D eigenvalue weighted by Crippen LogP contribution is 2.38. The van der Waals surface area contributed by atoms with Crippen molar-refractivity contribution in [2.75, 3.05) is 20.8 Å². The van der Waals surface area contributed by atoms with Crippen molar-refractivity contribution < 1.29 is 23.7 Å². The number of aromatic nitrogens is 1. The molecule has 8 nitrogen and oxygen atoms in total. The standard InChI is InChI=1S/C32H28Br2N2O6S/c1-5-41-31(38)28-18(2)35-32-36(29(28)23-16-22(39-3)11-13-25(23)40-4)30(37)27(43-32)15-20-8-12-26(24(34)14-20)42-17-19-6-9-21(33)10-7-19/h6-16,29H,5,17H2,1-4H3/b27-15-/t29-/m0/s1. The number of benzene rings is 3. The first kappa shape index (κ1) is 30.8. The molecular formula is C32H28Br2N2O6S. The van der Waals surface area contributed by atoms with E-state index in [1.54, 1.807) is 52.3 Å². The molecule has 1 aromatic heterocycles. The SMILES string of the molecule is CCOC(=O)C1=C(C)N=c2s/c(=C\c3ccc(OCc4ccc(Br)cc4)c(Br)c3)c(=O)n2[C@H]1c1cc(OC)ccc1OC. The number of hydrogen-bond donors (Lipinski definition) is 0. The second-order valence-electron chi connectivity index (χ2n) is 9.52. The second-order valence-corrected chi connectivity index (χ2v) is 12.3. The minimum Gasteiger partial charge on any atom is -0.497 e. The average Bonchev–Trinajstić information content (AvgIpc) is 3.30. The first-order valence-electron chi connectivity index (χ1n) is 13.3. The Morgan fingerprint density at radius 1 is 1.02 bits per heavy atom. The molecule has 1 atom stereocenters. The summed E-state index contributed by atoms with van der Waals surface area (Å²) in [5, 5.41) is 0. The number of halogens is 2. The molecule has 0 aliphatic carbocycles. The van der Waals surface area contributed by atoms with Crippen molar-refractivity contribution in [1.29, 1.82) is 0 Å². The molecule has 0 radical (unpaired) electrons. The number of fused-ring (bicyclic) bond motifs is 1. The highest BCUT2D eigenvalue weighted by molar-refractivity contribution is 9.10. The van der Waals surface area contributed by atoms with Crippen LogP contribution in [0.1, 0.15) is 36.6 Å². The van der Waals surface area contributed by atoms with Crippen LogP contribution in [0.2, 0.25) is 0 Å². The predicted molar refractivity (Wildman–Crippen MR) is 173 cm³/mol. The molecule has 43 heavy (non-hydrogen) atoms. The molecule has 0 N–H and O–H groups in total. The van der Waals surface area contributed by atoms with Crippen molar-refractivity contribution >= 4 is 55.2 Å². The van der Waals surface area contributed by atoms with Crippen LogP contribution in [0.15, 0.2) is 90.7 Å². The van der Waals surface area contributed by atoms with Gasteiger partial charge in [-0.2, -0.15) is 0 Å². The van der Waals surface area contributed by atoms with Gasteiger partial charge in [0.25, 0.3) is 5.56 Å². The number of methoxy groups -OCH3 is 2. The fraction of sp³-hybridized carbons (Fsp3) is 0.219. The van der Waals surface area contributed by atoms with Gasteiger partial charge in [0.2, 0.25) is 0 Å². The van der Waals surface area contributed by atoms with E-state index in [1.807, 2.05) is 42.5 Å². The van der Waals surface area contributed by atoms with Crippen molar-refractivity contribution in [1.82, 2.24) is 4.57 Å². The molecule has 0 spiro atoms. The topological polar surface area (TPSA) is 88.4 Å². The summed E-state index contributed by atoms with van der Waals surface area (Å²) in [4.78, 5) is 32.4. The van der Waals surface area contributed by atoms with Crippen LogP contribution in [0.25, 0.3) is 6.08 Å². The Morgan fingerprint density at radius 3 is 2.44 bits per heavy atom. The third-order valence-corrected chi connectivity index (χ3v) is 8.94. The predicted octanol–water partition coefficient (Wildman–Crippen LogP) is 5.92. The van der Waals surface area contributed by atoms with Crippen LogP contribution in [0.5, 0.6) is 17.2 Å². The molecule has 0 fully saturated rings. The van der Waals surface area contributed by atoms with E-state index in [0.29, 0.717) is 44.4 Å². The Bertz CT molecular complexity index is 1900. The number of allylic oxidation sites excluding steroid dienone is 1. The summed E-state index contributed by atoms with van der Waals surface area (Å²) in [5.74, 6) is 1.19. The summed E-state index contributed by atoms with van der Waals surface area (Å²) < 4.78 is 26.3. The normalized spacial score (nSPS) is 14.7. The monoisotopic (exact) mass is 726 g/mol. The zero-order chi connectivity index (χ0) is 30.7. The van der Waals surface area contributed by atoms with Gasteiger partial charge < -0.3 is 18.9 Å². The third kappa shape index (κ3) is 6.48. The average molecular weight is 728 g/mol. The smallest absolute Gasteiger partial charge is 0.338 e. The summed E-state index contributed by atoms with van der Waals surface area (Å²) in [6.07, 6.45) is 1.80. The van der Waals surface area contributed by atoms with E-state index in [0.717, 1.165) is 20.1 Å². The molecule has 5 rings (SSSR count). The number of nitrogens with zero attached hydrogens (tertiary/aromatic N) is 2. The molecular weight excluding hydrogens is 700 g/mol. The van der Waals surface area contributed by atoms with Crippen molar-refractivity contribution in [2.45, 2.75) is 26.5 Å². The van der Waals surface area contributed by atoms with Gasteiger partial charge >= 0.3 is 5.97 Å².